The Labute approximate surface area is 237 Å². The van der Waals surface area contributed by atoms with Crippen molar-refractivity contribution >= 4 is 17.1 Å². The van der Waals surface area contributed by atoms with Crippen LogP contribution in [0, 0.1) is 17.0 Å². The largest absolute Gasteiger partial charge is 0.444 e. The molecular weight excluding hydrogens is 526 g/mol. The minimum atomic E-state index is -0.653. The molecule has 2 aliphatic rings. The molecule has 0 saturated carbocycles. The molecule has 2 saturated heterocycles. The van der Waals surface area contributed by atoms with E-state index < -0.39 is 17.2 Å². The number of pyridine rings is 1. The third-order valence-electron chi connectivity index (χ3n) is 8.00. The van der Waals surface area contributed by atoms with Crippen LogP contribution in [-0.2, 0) is 11.2 Å². The van der Waals surface area contributed by atoms with Gasteiger partial charge in [-0.3, -0.25) is 4.98 Å². The fourth-order valence-corrected chi connectivity index (χ4v) is 5.81. The van der Waals surface area contributed by atoms with Gasteiger partial charge in [0.25, 0.3) is 0 Å². The number of carbonyl (C=O) groups excluding carboxylic acids is 1. The van der Waals surface area contributed by atoms with Crippen LogP contribution < -0.4 is 0 Å². The van der Waals surface area contributed by atoms with Gasteiger partial charge < -0.3 is 19.5 Å². The molecule has 3 aromatic heterocycles. The van der Waals surface area contributed by atoms with Crippen molar-refractivity contribution in [3.05, 3.63) is 66.3 Å². The lowest BCUT2D eigenvalue weighted by Gasteiger charge is -2.53. The molecule has 214 valence electrons. The van der Waals surface area contributed by atoms with Crippen LogP contribution in [0.2, 0.25) is 0 Å². The van der Waals surface area contributed by atoms with Gasteiger partial charge in [0.05, 0.1) is 5.69 Å². The Kier molecular flexibility index (Phi) is 6.97. The summed E-state index contributed by atoms with van der Waals surface area (Å²) in [6.07, 6.45) is 6.04. The molecule has 10 heteroatoms. The monoisotopic (exact) mass is 560 g/mol. The number of fused-ring (bicyclic) bond motifs is 1. The molecule has 1 spiro atoms. The van der Waals surface area contributed by atoms with Crippen LogP contribution in [0.3, 0.4) is 0 Å². The quantitative estimate of drug-likeness (QED) is 0.330. The van der Waals surface area contributed by atoms with Gasteiger partial charge in [-0.2, -0.15) is 0 Å². The lowest BCUT2D eigenvalue weighted by molar-refractivity contribution is -0.0591. The van der Waals surface area contributed by atoms with E-state index in [9.17, 15) is 13.6 Å². The highest BCUT2D eigenvalue weighted by molar-refractivity contribution is 5.94. The summed E-state index contributed by atoms with van der Waals surface area (Å²) >= 11 is 0. The summed E-state index contributed by atoms with van der Waals surface area (Å²) in [5.74, 6) is -1.31. The molecule has 1 aromatic carbocycles. The summed E-state index contributed by atoms with van der Waals surface area (Å²) in [6.45, 7) is 10.3. The van der Waals surface area contributed by atoms with E-state index in [4.69, 9.17) is 4.74 Å². The zero-order valence-electron chi connectivity index (χ0n) is 23.6. The molecule has 0 bridgehead atoms. The Balaban J connectivity index is 1.04. The summed E-state index contributed by atoms with van der Waals surface area (Å²) in [6, 6.07) is 9.31. The number of halogens is 2. The normalized spacial score (nSPS) is 17.1. The second-order valence-electron chi connectivity index (χ2n) is 12.3. The van der Waals surface area contributed by atoms with Gasteiger partial charge in [0.15, 0.2) is 0 Å². The van der Waals surface area contributed by atoms with Crippen molar-refractivity contribution in [3.63, 3.8) is 0 Å². The summed E-state index contributed by atoms with van der Waals surface area (Å²) in [5.41, 5.74) is 3.89. The molecule has 4 aromatic rings. The van der Waals surface area contributed by atoms with Crippen molar-refractivity contribution in [1.82, 2.24) is 29.7 Å². The number of ether oxygens (including phenoxy) is 1. The predicted octanol–water partition coefficient (Wildman–Crippen LogP) is 5.84. The van der Waals surface area contributed by atoms with Crippen molar-refractivity contribution in [1.29, 1.82) is 0 Å². The number of nitrogens with one attached hydrogen (secondary N) is 1. The molecule has 1 amide bonds. The van der Waals surface area contributed by atoms with Crippen LogP contribution in [0.15, 0.2) is 48.9 Å². The number of aromatic amines is 1. The lowest BCUT2D eigenvalue weighted by Crippen LogP contribution is -2.62. The highest BCUT2D eigenvalue weighted by Crippen LogP contribution is 2.41. The van der Waals surface area contributed by atoms with Crippen LogP contribution in [0.25, 0.3) is 33.5 Å². The molecule has 2 fully saturated rings. The maximum atomic E-state index is 13.8. The van der Waals surface area contributed by atoms with Crippen molar-refractivity contribution in [2.75, 3.05) is 32.7 Å². The van der Waals surface area contributed by atoms with Gasteiger partial charge in [-0.05, 0) is 77.0 Å². The topological polar surface area (TPSA) is 87.2 Å². The molecule has 1 N–H and O–H groups in total. The maximum Gasteiger partial charge on any atom is 0.410 e. The van der Waals surface area contributed by atoms with E-state index in [0.29, 0.717) is 22.3 Å². The second kappa shape index (κ2) is 10.5. The van der Waals surface area contributed by atoms with Gasteiger partial charge in [0.1, 0.15) is 29.2 Å². The number of benzene rings is 1. The van der Waals surface area contributed by atoms with Gasteiger partial charge in [-0.15, -0.1) is 0 Å². The van der Waals surface area contributed by atoms with Crippen LogP contribution in [0.5, 0.6) is 0 Å². The zero-order valence-corrected chi connectivity index (χ0v) is 23.6. The number of H-pyrrole nitrogens is 1. The SMILES string of the molecule is CC(C)(C)OC(=O)N1CC2(CCN(CCc3ccc(-c4cc5c(-c6cc(F)cc(F)c6)ncnc5[nH]4)cn3)CC2)C1. The second-order valence-corrected chi connectivity index (χ2v) is 12.3. The Bertz CT molecular complexity index is 1540. The molecule has 8 nitrogen and oxygen atoms in total. The number of carbonyl (C=O) groups is 1. The average molecular weight is 561 g/mol. The number of piperidine rings is 1. The molecule has 0 radical (unpaired) electrons. The molecule has 0 unspecified atom stereocenters. The van der Waals surface area contributed by atoms with E-state index in [-0.39, 0.29) is 11.5 Å². The Morgan fingerprint density at radius 1 is 1.00 bits per heavy atom. The van der Waals surface area contributed by atoms with Gasteiger partial charge in [-0.25, -0.2) is 23.5 Å². The highest BCUT2D eigenvalue weighted by atomic mass is 19.1. The van der Waals surface area contributed by atoms with E-state index in [0.717, 1.165) is 75.0 Å². The van der Waals surface area contributed by atoms with Crippen molar-refractivity contribution < 1.29 is 18.3 Å². The standard InChI is InChI=1S/C31H34F2N6O2/c1-30(2,3)41-29(40)39-17-31(18-39)7-10-38(11-8-31)9-6-24-5-4-20(16-34-24)26-15-25-27(35-19-36-28(25)37-26)21-12-22(32)14-23(33)13-21/h4-5,12-16,19H,6-11,17-18H2,1-3H3,(H,35,36,37). The van der Waals surface area contributed by atoms with Crippen molar-refractivity contribution in [2.24, 2.45) is 5.41 Å². The van der Waals surface area contributed by atoms with Crippen molar-refractivity contribution in [2.45, 2.75) is 45.6 Å². The van der Waals surface area contributed by atoms with Crippen LogP contribution >= 0.6 is 0 Å². The first-order valence-corrected chi connectivity index (χ1v) is 14.0. The Morgan fingerprint density at radius 3 is 2.39 bits per heavy atom. The van der Waals surface area contributed by atoms with Crippen molar-refractivity contribution in [3.8, 4) is 22.5 Å². The summed E-state index contributed by atoms with van der Waals surface area (Å²) in [7, 11) is 0. The Hall–Kier alpha value is -3.92. The number of hydrogen-bond acceptors (Lipinski definition) is 6. The minimum absolute atomic E-state index is 0.206. The van der Waals surface area contributed by atoms with Gasteiger partial charge in [0.2, 0.25) is 0 Å². The average Bonchev–Trinajstić information content (AvgIpc) is 3.34. The van der Waals surface area contributed by atoms with Gasteiger partial charge >= 0.3 is 6.09 Å². The third kappa shape index (κ3) is 5.93. The number of nitrogens with zero attached hydrogens (tertiary/aromatic N) is 5. The summed E-state index contributed by atoms with van der Waals surface area (Å²) < 4.78 is 33.1. The number of rotatable bonds is 5. The zero-order chi connectivity index (χ0) is 28.8. The van der Waals surface area contributed by atoms with Crippen LogP contribution in [-0.4, -0.2) is 74.2 Å². The minimum Gasteiger partial charge on any atom is -0.444 e. The first-order chi connectivity index (χ1) is 19.6. The molecular formula is C31H34F2N6O2. The number of aromatic nitrogens is 4. The maximum absolute atomic E-state index is 13.8. The number of likely N-dealkylation sites (tertiary alicyclic amines) is 2. The third-order valence-corrected chi connectivity index (χ3v) is 8.00. The lowest BCUT2D eigenvalue weighted by atomic mass is 9.72. The first kappa shape index (κ1) is 27.3. The molecule has 2 aliphatic heterocycles. The molecule has 6 rings (SSSR count). The molecule has 0 aliphatic carbocycles. The van der Waals surface area contributed by atoms with Crippen LogP contribution in [0.4, 0.5) is 13.6 Å². The van der Waals surface area contributed by atoms with E-state index in [1.165, 1.54) is 18.5 Å². The fraction of sp³-hybridized carbons (Fsp3) is 0.419. The fourth-order valence-electron chi connectivity index (χ4n) is 5.81. The summed E-state index contributed by atoms with van der Waals surface area (Å²) in [5, 5.41) is 0.681. The van der Waals surface area contributed by atoms with E-state index in [2.05, 4.69) is 24.8 Å². The highest BCUT2D eigenvalue weighted by Gasteiger charge is 2.47. The van der Waals surface area contributed by atoms with E-state index in [1.54, 1.807) is 0 Å². The van der Waals surface area contributed by atoms with Crippen LogP contribution in [0.1, 0.15) is 39.3 Å². The predicted molar refractivity (Wildman–Crippen MR) is 152 cm³/mol. The number of amides is 1. The van der Waals surface area contributed by atoms with Gasteiger partial charge in [0, 0.05) is 71.6 Å². The molecule has 41 heavy (non-hydrogen) atoms. The molecule has 5 heterocycles. The van der Waals surface area contributed by atoms with E-state index in [1.807, 2.05) is 50.1 Å². The molecule has 0 atom stereocenters. The van der Waals surface area contributed by atoms with Gasteiger partial charge in [-0.1, -0.05) is 0 Å². The Morgan fingerprint density at radius 2 is 1.73 bits per heavy atom. The first-order valence-electron chi connectivity index (χ1n) is 14.0. The van der Waals surface area contributed by atoms with E-state index >= 15 is 0 Å². The number of hydrogen-bond donors (Lipinski definition) is 1. The smallest absolute Gasteiger partial charge is 0.410 e. The summed E-state index contributed by atoms with van der Waals surface area (Å²) in [4.78, 5) is 33.1.